The number of fused-ring (bicyclic) bond motifs is 1. The van der Waals surface area contributed by atoms with Crippen molar-refractivity contribution in [3.8, 4) is 0 Å². The van der Waals surface area contributed by atoms with Gasteiger partial charge in [0.2, 0.25) is 0 Å². The molecule has 5 heteroatoms. The number of ether oxygens (including phenoxy) is 1. The van der Waals surface area contributed by atoms with Crippen LogP contribution in [-0.4, -0.2) is 33.1 Å². The summed E-state index contributed by atoms with van der Waals surface area (Å²) >= 11 is 5.88. The zero-order valence-corrected chi connectivity index (χ0v) is 11.8. The normalized spacial score (nSPS) is 22.6. The Morgan fingerprint density at radius 3 is 3.05 bits per heavy atom. The molecule has 0 aromatic carbocycles. The Kier molecular flexibility index (Phi) is 3.71. The summed E-state index contributed by atoms with van der Waals surface area (Å²) < 4.78 is 7.89. The van der Waals surface area contributed by atoms with Crippen LogP contribution in [0.15, 0.2) is 18.3 Å². The molecule has 2 aromatic rings. The van der Waals surface area contributed by atoms with Crippen LogP contribution in [0.3, 0.4) is 0 Å². The number of aromatic nitrogens is 3. The standard InChI is InChI=1S/C14H18ClN3O/c1-2-19-11-8-10(9-11)18-13(5-6-15)17-12-4-3-7-16-14(12)18/h3-4,7,10-11H,2,5-6,8-9H2,1H3. The number of imidazole rings is 1. The third-order valence-electron chi connectivity index (χ3n) is 3.68. The van der Waals surface area contributed by atoms with Crippen molar-refractivity contribution in [1.82, 2.24) is 14.5 Å². The maximum atomic E-state index is 5.88. The minimum Gasteiger partial charge on any atom is -0.378 e. The van der Waals surface area contributed by atoms with Gasteiger partial charge in [-0.1, -0.05) is 0 Å². The van der Waals surface area contributed by atoms with E-state index in [0.29, 0.717) is 18.0 Å². The summed E-state index contributed by atoms with van der Waals surface area (Å²) in [6.45, 7) is 2.83. The van der Waals surface area contributed by atoms with E-state index in [9.17, 15) is 0 Å². The maximum Gasteiger partial charge on any atom is 0.160 e. The second kappa shape index (κ2) is 5.47. The van der Waals surface area contributed by atoms with Gasteiger partial charge in [-0.05, 0) is 31.9 Å². The number of alkyl halides is 1. The van der Waals surface area contributed by atoms with Crippen LogP contribution in [0, 0.1) is 0 Å². The fourth-order valence-electron chi connectivity index (χ4n) is 2.74. The number of aryl methyl sites for hydroxylation is 1. The zero-order chi connectivity index (χ0) is 13.2. The van der Waals surface area contributed by atoms with Gasteiger partial charge in [-0.25, -0.2) is 9.97 Å². The van der Waals surface area contributed by atoms with Gasteiger partial charge in [-0.3, -0.25) is 0 Å². The smallest absolute Gasteiger partial charge is 0.160 e. The number of hydrogen-bond acceptors (Lipinski definition) is 3. The lowest BCUT2D eigenvalue weighted by atomic mass is 9.88. The first kappa shape index (κ1) is 12.9. The van der Waals surface area contributed by atoms with Gasteiger partial charge < -0.3 is 9.30 Å². The van der Waals surface area contributed by atoms with Crippen LogP contribution in [0.5, 0.6) is 0 Å². The molecule has 0 aliphatic heterocycles. The van der Waals surface area contributed by atoms with Crippen molar-refractivity contribution in [2.24, 2.45) is 0 Å². The molecule has 3 rings (SSSR count). The highest BCUT2D eigenvalue weighted by Crippen LogP contribution is 2.37. The summed E-state index contributed by atoms with van der Waals surface area (Å²) in [7, 11) is 0. The van der Waals surface area contributed by atoms with E-state index in [2.05, 4.69) is 14.5 Å². The molecule has 2 aromatic heterocycles. The Labute approximate surface area is 117 Å². The molecule has 1 saturated carbocycles. The lowest BCUT2D eigenvalue weighted by molar-refractivity contribution is -0.0194. The van der Waals surface area contributed by atoms with Gasteiger partial charge in [0, 0.05) is 31.1 Å². The van der Waals surface area contributed by atoms with Gasteiger partial charge in [0.1, 0.15) is 11.3 Å². The molecule has 0 radical (unpaired) electrons. The molecule has 0 atom stereocenters. The first-order chi connectivity index (χ1) is 9.33. The molecule has 19 heavy (non-hydrogen) atoms. The van der Waals surface area contributed by atoms with Crippen LogP contribution < -0.4 is 0 Å². The number of rotatable bonds is 5. The van der Waals surface area contributed by atoms with Crippen molar-refractivity contribution in [2.75, 3.05) is 12.5 Å². The molecule has 0 spiro atoms. The third kappa shape index (κ3) is 2.35. The van der Waals surface area contributed by atoms with Gasteiger partial charge in [-0.15, -0.1) is 11.6 Å². The van der Waals surface area contributed by atoms with Crippen LogP contribution in [0.4, 0.5) is 0 Å². The van der Waals surface area contributed by atoms with Crippen molar-refractivity contribution < 1.29 is 4.74 Å². The highest BCUT2D eigenvalue weighted by atomic mass is 35.5. The molecule has 1 aliphatic rings. The van der Waals surface area contributed by atoms with E-state index in [1.165, 1.54) is 0 Å². The Balaban J connectivity index is 1.90. The molecule has 0 N–H and O–H groups in total. The van der Waals surface area contributed by atoms with Crippen molar-refractivity contribution in [3.63, 3.8) is 0 Å². The Morgan fingerprint density at radius 2 is 2.32 bits per heavy atom. The molecule has 4 nitrogen and oxygen atoms in total. The summed E-state index contributed by atoms with van der Waals surface area (Å²) in [4.78, 5) is 9.13. The quantitative estimate of drug-likeness (QED) is 0.790. The highest BCUT2D eigenvalue weighted by Gasteiger charge is 2.33. The van der Waals surface area contributed by atoms with Crippen molar-refractivity contribution in [1.29, 1.82) is 0 Å². The molecule has 0 saturated heterocycles. The fourth-order valence-corrected chi connectivity index (χ4v) is 2.91. The Hall–Kier alpha value is -1.13. The molecular formula is C14H18ClN3O. The molecule has 1 aliphatic carbocycles. The van der Waals surface area contributed by atoms with E-state index >= 15 is 0 Å². The number of hydrogen-bond donors (Lipinski definition) is 0. The first-order valence-corrected chi connectivity index (χ1v) is 7.36. The lowest BCUT2D eigenvalue weighted by Gasteiger charge is -2.36. The predicted molar refractivity (Wildman–Crippen MR) is 75.6 cm³/mol. The zero-order valence-electron chi connectivity index (χ0n) is 11.1. The van der Waals surface area contributed by atoms with Crippen molar-refractivity contribution in [2.45, 2.75) is 38.3 Å². The summed E-state index contributed by atoms with van der Waals surface area (Å²) in [5.41, 5.74) is 1.94. The minimum atomic E-state index is 0.389. The van der Waals surface area contributed by atoms with Gasteiger partial charge in [0.15, 0.2) is 5.65 Å². The summed E-state index contributed by atoms with van der Waals surface area (Å²) in [6, 6.07) is 4.39. The van der Waals surface area contributed by atoms with Crippen LogP contribution in [0.25, 0.3) is 11.2 Å². The number of nitrogens with zero attached hydrogens (tertiary/aromatic N) is 3. The van der Waals surface area contributed by atoms with Gasteiger partial charge in [0.25, 0.3) is 0 Å². The molecule has 102 valence electrons. The molecular weight excluding hydrogens is 262 g/mol. The molecule has 0 amide bonds. The highest BCUT2D eigenvalue weighted by molar-refractivity contribution is 6.17. The number of pyridine rings is 1. The summed E-state index contributed by atoms with van der Waals surface area (Å²) in [5, 5.41) is 0. The monoisotopic (exact) mass is 279 g/mol. The second-order valence-electron chi connectivity index (χ2n) is 4.89. The predicted octanol–water partition coefficient (Wildman–Crippen LogP) is 2.95. The average Bonchev–Trinajstić information content (AvgIpc) is 2.72. The SMILES string of the molecule is CCOC1CC(n2c(CCCl)nc3cccnc32)C1. The average molecular weight is 280 g/mol. The minimum absolute atomic E-state index is 0.389. The van der Waals surface area contributed by atoms with Crippen LogP contribution >= 0.6 is 11.6 Å². The van der Waals surface area contributed by atoms with Crippen LogP contribution in [-0.2, 0) is 11.2 Å². The van der Waals surface area contributed by atoms with Gasteiger partial charge >= 0.3 is 0 Å². The van der Waals surface area contributed by atoms with Crippen LogP contribution in [0.1, 0.15) is 31.6 Å². The maximum absolute atomic E-state index is 5.88. The molecule has 0 unspecified atom stereocenters. The Bertz CT molecular complexity index is 563. The van der Waals surface area contributed by atoms with E-state index in [-0.39, 0.29) is 0 Å². The van der Waals surface area contributed by atoms with E-state index < -0.39 is 0 Å². The van der Waals surface area contributed by atoms with E-state index in [4.69, 9.17) is 16.3 Å². The molecule has 2 heterocycles. The van der Waals surface area contributed by atoms with E-state index in [0.717, 1.165) is 42.9 Å². The van der Waals surface area contributed by atoms with Gasteiger partial charge in [-0.2, -0.15) is 0 Å². The van der Waals surface area contributed by atoms with Crippen molar-refractivity contribution in [3.05, 3.63) is 24.2 Å². The molecule has 0 bridgehead atoms. The van der Waals surface area contributed by atoms with Gasteiger partial charge in [0.05, 0.1) is 6.10 Å². The summed E-state index contributed by atoms with van der Waals surface area (Å²) in [6.07, 6.45) is 5.09. The fraction of sp³-hybridized carbons (Fsp3) is 0.571. The summed E-state index contributed by atoms with van der Waals surface area (Å²) in [5.74, 6) is 1.63. The molecule has 1 fully saturated rings. The Morgan fingerprint density at radius 1 is 1.47 bits per heavy atom. The second-order valence-corrected chi connectivity index (χ2v) is 5.26. The topological polar surface area (TPSA) is 39.9 Å². The van der Waals surface area contributed by atoms with Crippen molar-refractivity contribution >= 4 is 22.8 Å². The lowest BCUT2D eigenvalue weighted by Crippen LogP contribution is -2.34. The first-order valence-electron chi connectivity index (χ1n) is 6.83. The van der Waals surface area contributed by atoms with Crippen LogP contribution in [0.2, 0.25) is 0 Å². The largest absolute Gasteiger partial charge is 0.378 e. The van der Waals surface area contributed by atoms with E-state index in [1.54, 1.807) is 0 Å². The third-order valence-corrected chi connectivity index (χ3v) is 3.87. The number of halogens is 1. The van der Waals surface area contributed by atoms with E-state index in [1.807, 2.05) is 25.3 Å².